The first-order valence-electron chi connectivity index (χ1n) is 8.30. The Morgan fingerprint density at radius 3 is 2.79 bits per heavy atom. The maximum Gasteiger partial charge on any atom is 0.319 e. The first-order valence-corrected chi connectivity index (χ1v) is 8.68. The normalized spacial score (nSPS) is 20.2. The largest absolute Gasteiger partial charge is 0.491 e. The molecular formula is C17H24ClN3O3. The van der Waals surface area contributed by atoms with Crippen molar-refractivity contribution in [1.82, 2.24) is 5.32 Å². The molecule has 0 heterocycles. The summed E-state index contributed by atoms with van der Waals surface area (Å²) in [6.45, 7) is 2.55. The van der Waals surface area contributed by atoms with E-state index in [0.29, 0.717) is 29.5 Å². The van der Waals surface area contributed by atoms with E-state index in [9.17, 15) is 9.59 Å². The summed E-state index contributed by atoms with van der Waals surface area (Å²) in [6.07, 6.45) is 4.24. The van der Waals surface area contributed by atoms with Crippen molar-refractivity contribution in [1.29, 1.82) is 0 Å². The quantitative estimate of drug-likeness (QED) is 0.732. The van der Waals surface area contributed by atoms with Gasteiger partial charge in [0.25, 0.3) is 0 Å². The lowest BCUT2D eigenvalue weighted by molar-refractivity contribution is -0.123. The van der Waals surface area contributed by atoms with Gasteiger partial charge in [0.05, 0.1) is 18.2 Å². The Hall–Kier alpha value is -1.95. The predicted molar refractivity (Wildman–Crippen MR) is 94.3 cm³/mol. The number of nitrogens with two attached hydrogens (primary N) is 1. The van der Waals surface area contributed by atoms with Gasteiger partial charge in [-0.3, -0.25) is 4.79 Å². The summed E-state index contributed by atoms with van der Waals surface area (Å²) in [4.78, 5) is 23.8. The molecule has 2 rings (SSSR count). The number of halogens is 1. The van der Waals surface area contributed by atoms with Crippen LogP contribution < -0.4 is 21.1 Å². The number of carbonyl (C=O) groups is 2. The third-order valence-electron chi connectivity index (χ3n) is 4.10. The van der Waals surface area contributed by atoms with E-state index < -0.39 is 6.03 Å². The van der Waals surface area contributed by atoms with E-state index in [0.717, 1.165) is 25.7 Å². The van der Waals surface area contributed by atoms with Gasteiger partial charge >= 0.3 is 6.03 Å². The lowest BCUT2D eigenvalue weighted by atomic mass is 9.84. The van der Waals surface area contributed by atoms with Gasteiger partial charge in [-0.15, -0.1) is 0 Å². The van der Waals surface area contributed by atoms with Crippen molar-refractivity contribution >= 4 is 29.2 Å². The zero-order valence-corrected chi connectivity index (χ0v) is 14.6. The summed E-state index contributed by atoms with van der Waals surface area (Å²) >= 11 is 6.00. The van der Waals surface area contributed by atoms with Gasteiger partial charge < -0.3 is 21.1 Å². The van der Waals surface area contributed by atoms with Crippen LogP contribution in [-0.4, -0.2) is 24.6 Å². The van der Waals surface area contributed by atoms with Crippen LogP contribution >= 0.6 is 11.6 Å². The molecular weight excluding hydrogens is 330 g/mol. The van der Waals surface area contributed by atoms with Gasteiger partial charge in [-0.2, -0.15) is 0 Å². The molecule has 7 heteroatoms. The minimum absolute atomic E-state index is 0.240. The molecule has 0 unspecified atom stereocenters. The molecule has 6 nitrogen and oxygen atoms in total. The number of benzene rings is 1. The third-order valence-corrected chi connectivity index (χ3v) is 4.33. The number of nitrogens with one attached hydrogen (secondary N) is 2. The summed E-state index contributed by atoms with van der Waals surface area (Å²) < 4.78 is 5.62. The molecule has 2 atom stereocenters. The number of primary amides is 1. The summed E-state index contributed by atoms with van der Waals surface area (Å²) in [5.41, 5.74) is 5.94. The van der Waals surface area contributed by atoms with Crippen molar-refractivity contribution in [2.75, 3.05) is 11.9 Å². The topological polar surface area (TPSA) is 93.4 Å². The van der Waals surface area contributed by atoms with Gasteiger partial charge in [0, 0.05) is 11.1 Å². The van der Waals surface area contributed by atoms with Crippen molar-refractivity contribution < 1.29 is 14.3 Å². The van der Waals surface area contributed by atoms with Gasteiger partial charge in [0.15, 0.2) is 0 Å². The molecule has 1 saturated carbocycles. The molecule has 1 fully saturated rings. The van der Waals surface area contributed by atoms with Crippen molar-refractivity contribution in [3.05, 3.63) is 23.2 Å². The van der Waals surface area contributed by atoms with Crippen molar-refractivity contribution in [3.63, 3.8) is 0 Å². The number of hydrogen-bond acceptors (Lipinski definition) is 3. The van der Waals surface area contributed by atoms with Crippen LogP contribution in [-0.2, 0) is 4.79 Å². The lowest BCUT2D eigenvalue weighted by Crippen LogP contribution is -2.48. The molecule has 0 radical (unpaired) electrons. The van der Waals surface area contributed by atoms with Crippen LogP contribution in [0, 0.1) is 5.92 Å². The zero-order valence-electron chi connectivity index (χ0n) is 13.8. The molecule has 1 aliphatic rings. The van der Waals surface area contributed by atoms with Crippen LogP contribution in [0.2, 0.25) is 5.02 Å². The summed E-state index contributed by atoms with van der Waals surface area (Å²) in [6, 6.07) is 4.44. The highest BCUT2D eigenvalue weighted by Gasteiger charge is 2.30. The second-order valence-electron chi connectivity index (χ2n) is 5.99. The molecule has 1 aliphatic carbocycles. The fourth-order valence-corrected chi connectivity index (χ4v) is 3.08. The maximum atomic E-state index is 12.3. The second kappa shape index (κ2) is 8.78. The van der Waals surface area contributed by atoms with E-state index in [1.807, 2.05) is 6.92 Å². The zero-order chi connectivity index (χ0) is 17.5. The predicted octanol–water partition coefficient (Wildman–Crippen LogP) is 3.29. The average molecular weight is 354 g/mol. The standard InChI is InChI=1S/C17H24ClN3O3/c1-2-9-24-15-8-7-11(18)10-14(15)21-17(23)20-13-6-4-3-5-12(13)16(19)22/h7-8,10,12-13H,2-6,9H2,1H3,(H2,19,22)(H2,20,21,23)/t12-,13-/m0/s1. The minimum atomic E-state index is -0.392. The van der Waals surface area contributed by atoms with Gasteiger partial charge in [0.2, 0.25) is 5.91 Å². The van der Waals surface area contributed by atoms with Gasteiger partial charge in [-0.05, 0) is 37.5 Å². The molecule has 132 valence electrons. The number of amides is 3. The average Bonchev–Trinajstić information content (AvgIpc) is 2.54. The summed E-state index contributed by atoms with van der Waals surface area (Å²) in [7, 11) is 0. The van der Waals surface area contributed by atoms with E-state index in [4.69, 9.17) is 22.1 Å². The van der Waals surface area contributed by atoms with Crippen LogP contribution in [0.1, 0.15) is 39.0 Å². The van der Waals surface area contributed by atoms with E-state index in [1.54, 1.807) is 18.2 Å². The number of urea groups is 1. The smallest absolute Gasteiger partial charge is 0.319 e. The molecule has 0 bridgehead atoms. The highest BCUT2D eigenvalue weighted by molar-refractivity contribution is 6.31. The van der Waals surface area contributed by atoms with Crippen LogP contribution in [0.15, 0.2) is 18.2 Å². The van der Waals surface area contributed by atoms with Gasteiger partial charge in [-0.1, -0.05) is 31.4 Å². The van der Waals surface area contributed by atoms with Crippen LogP contribution in [0.5, 0.6) is 5.75 Å². The van der Waals surface area contributed by atoms with E-state index in [1.165, 1.54) is 0 Å². The van der Waals surface area contributed by atoms with Crippen LogP contribution in [0.4, 0.5) is 10.5 Å². The molecule has 3 amide bonds. The summed E-state index contributed by atoms with van der Waals surface area (Å²) in [5, 5.41) is 6.11. The highest BCUT2D eigenvalue weighted by atomic mass is 35.5. The molecule has 0 spiro atoms. The van der Waals surface area contributed by atoms with Crippen LogP contribution in [0.25, 0.3) is 0 Å². The number of rotatable bonds is 6. The fourth-order valence-electron chi connectivity index (χ4n) is 2.91. The molecule has 0 aromatic heterocycles. The Morgan fingerprint density at radius 1 is 1.33 bits per heavy atom. The minimum Gasteiger partial charge on any atom is -0.491 e. The first kappa shape index (κ1) is 18.4. The van der Waals surface area contributed by atoms with E-state index in [2.05, 4.69) is 10.6 Å². The van der Waals surface area contributed by atoms with Crippen LogP contribution in [0.3, 0.4) is 0 Å². The molecule has 1 aromatic carbocycles. The van der Waals surface area contributed by atoms with Gasteiger partial charge in [-0.25, -0.2) is 4.79 Å². The molecule has 1 aromatic rings. The maximum absolute atomic E-state index is 12.3. The lowest BCUT2D eigenvalue weighted by Gasteiger charge is -2.30. The third kappa shape index (κ3) is 5.03. The Morgan fingerprint density at radius 2 is 2.08 bits per heavy atom. The summed E-state index contributed by atoms with van der Waals surface area (Å²) in [5.74, 6) is -0.124. The number of carbonyl (C=O) groups excluding carboxylic acids is 2. The van der Waals surface area contributed by atoms with E-state index in [-0.39, 0.29) is 17.9 Å². The van der Waals surface area contributed by atoms with E-state index >= 15 is 0 Å². The first-order chi connectivity index (χ1) is 11.5. The fraction of sp³-hybridized carbons (Fsp3) is 0.529. The monoisotopic (exact) mass is 353 g/mol. The Balaban J connectivity index is 2.03. The molecule has 0 saturated heterocycles. The Kier molecular flexibility index (Phi) is 6.73. The highest BCUT2D eigenvalue weighted by Crippen LogP contribution is 2.29. The van der Waals surface area contributed by atoms with Gasteiger partial charge in [0.1, 0.15) is 5.75 Å². The van der Waals surface area contributed by atoms with Crippen molar-refractivity contribution in [3.8, 4) is 5.75 Å². The van der Waals surface area contributed by atoms with Crippen molar-refractivity contribution in [2.24, 2.45) is 11.7 Å². The second-order valence-corrected chi connectivity index (χ2v) is 6.42. The molecule has 0 aliphatic heterocycles. The number of ether oxygens (including phenoxy) is 1. The number of hydrogen-bond donors (Lipinski definition) is 3. The molecule has 24 heavy (non-hydrogen) atoms. The Bertz CT molecular complexity index is 594. The van der Waals surface area contributed by atoms with Crippen molar-refractivity contribution in [2.45, 2.75) is 45.1 Å². The SMILES string of the molecule is CCCOc1ccc(Cl)cc1NC(=O)N[C@H]1CCCC[C@@H]1C(N)=O. The molecule has 4 N–H and O–H groups in total. The number of anilines is 1. The Labute approximate surface area is 147 Å².